The molecule has 0 radical (unpaired) electrons. The number of rotatable bonds is 7. The normalized spacial score (nSPS) is 11.9. The number of aryl methyl sites for hydroxylation is 2. The second kappa shape index (κ2) is 7.61. The summed E-state index contributed by atoms with van der Waals surface area (Å²) in [5.41, 5.74) is 4.26. The Kier molecular flexibility index (Phi) is 5.42. The maximum Gasteiger partial charge on any atom is 0.328 e. The van der Waals surface area contributed by atoms with Crippen molar-refractivity contribution in [2.75, 3.05) is 0 Å². The molecule has 2 aromatic carbocycles. The molecule has 0 saturated heterocycles. The smallest absolute Gasteiger partial charge is 0.328 e. The highest BCUT2D eigenvalue weighted by Crippen LogP contribution is 2.18. The summed E-state index contributed by atoms with van der Waals surface area (Å²) >= 11 is 0. The standard InChI is InChI=1S/C22H29N3O2/c1-6-22(2,3)23-14-16-7-10-18(11-8-16)27-15-17-9-12-19-20(13-17)25(5)21(26)24(19)4/h7-13,23H,6,14-15H2,1-5H3. The third kappa shape index (κ3) is 4.25. The topological polar surface area (TPSA) is 48.2 Å². The van der Waals surface area contributed by atoms with E-state index in [-0.39, 0.29) is 11.2 Å². The van der Waals surface area contributed by atoms with Crippen LogP contribution in [0.25, 0.3) is 11.0 Å². The largest absolute Gasteiger partial charge is 0.489 e. The Morgan fingerprint density at radius 3 is 2.26 bits per heavy atom. The minimum atomic E-state index is -0.0153. The number of ether oxygens (including phenoxy) is 1. The molecule has 0 saturated carbocycles. The predicted molar refractivity (Wildman–Crippen MR) is 110 cm³/mol. The van der Waals surface area contributed by atoms with Gasteiger partial charge >= 0.3 is 5.69 Å². The highest BCUT2D eigenvalue weighted by Gasteiger charge is 2.13. The van der Waals surface area contributed by atoms with Gasteiger partial charge in [-0.25, -0.2) is 4.79 Å². The molecule has 0 aliphatic heterocycles. The fourth-order valence-corrected chi connectivity index (χ4v) is 2.98. The van der Waals surface area contributed by atoms with Crippen LogP contribution in [-0.2, 0) is 27.2 Å². The predicted octanol–water partition coefficient (Wildman–Crippen LogP) is 3.73. The zero-order chi connectivity index (χ0) is 19.6. The molecule has 1 N–H and O–H groups in total. The Bertz CT molecular complexity index is 981. The van der Waals surface area contributed by atoms with Gasteiger partial charge in [0.25, 0.3) is 0 Å². The van der Waals surface area contributed by atoms with Crippen LogP contribution in [0.2, 0.25) is 0 Å². The summed E-state index contributed by atoms with van der Waals surface area (Å²) in [5.74, 6) is 0.843. The Balaban J connectivity index is 1.64. The molecule has 3 aromatic rings. The fraction of sp³-hybridized carbons (Fsp3) is 0.409. The Hall–Kier alpha value is -2.53. The zero-order valence-corrected chi connectivity index (χ0v) is 16.9. The quantitative estimate of drug-likeness (QED) is 0.692. The third-order valence-electron chi connectivity index (χ3n) is 5.32. The molecular weight excluding hydrogens is 338 g/mol. The van der Waals surface area contributed by atoms with Crippen molar-refractivity contribution in [3.8, 4) is 5.75 Å². The van der Waals surface area contributed by atoms with Gasteiger partial charge in [0.15, 0.2) is 0 Å². The van der Waals surface area contributed by atoms with E-state index >= 15 is 0 Å². The number of nitrogens with zero attached hydrogens (tertiary/aromatic N) is 2. The molecule has 0 unspecified atom stereocenters. The van der Waals surface area contributed by atoms with E-state index in [1.807, 2.05) is 30.3 Å². The van der Waals surface area contributed by atoms with Gasteiger partial charge in [-0.05, 0) is 55.7 Å². The van der Waals surface area contributed by atoms with Crippen LogP contribution in [-0.4, -0.2) is 14.7 Å². The molecule has 3 rings (SSSR count). The summed E-state index contributed by atoms with van der Waals surface area (Å²) in [6.07, 6.45) is 1.09. The lowest BCUT2D eigenvalue weighted by Crippen LogP contribution is -2.37. The van der Waals surface area contributed by atoms with Crippen molar-refractivity contribution in [1.29, 1.82) is 0 Å². The molecule has 144 valence electrons. The summed E-state index contributed by atoms with van der Waals surface area (Å²) in [4.78, 5) is 12.0. The number of nitrogens with one attached hydrogen (secondary N) is 1. The molecule has 1 heterocycles. The van der Waals surface area contributed by atoms with Crippen LogP contribution in [0.15, 0.2) is 47.3 Å². The Labute approximate surface area is 160 Å². The van der Waals surface area contributed by atoms with E-state index in [9.17, 15) is 4.79 Å². The van der Waals surface area contributed by atoms with Crippen LogP contribution in [0.3, 0.4) is 0 Å². The number of imidazole rings is 1. The second-order valence-electron chi connectivity index (χ2n) is 7.75. The first kappa shape index (κ1) is 19.2. The average molecular weight is 367 g/mol. The lowest BCUT2D eigenvalue weighted by atomic mass is 10.0. The molecule has 0 atom stereocenters. The summed E-state index contributed by atoms with van der Waals surface area (Å²) in [7, 11) is 3.58. The van der Waals surface area contributed by atoms with Crippen molar-refractivity contribution in [1.82, 2.24) is 14.5 Å². The van der Waals surface area contributed by atoms with Gasteiger partial charge in [-0.2, -0.15) is 0 Å². The minimum absolute atomic E-state index is 0.0153. The van der Waals surface area contributed by atoms with Gasteiger partial charge in [0.2, 0.25) is 0 Å². The van der Waals surface area contributed by atoms with Crippen LogP contribution < -0.4 is 15.7 Å². The lowest BCUT2D eigenvalue weighted by molar-refractivity contribution is 0.306. The van der Waals surface area contributed by atoms with E-state index in [0.717, 1.165) is 35.3 Å². The van der Waals surface area contributed by atoms with E-state index < -0.39 is 0 Å². The molecule has 0 aliphatic carbocycles. The summed E-state index contributed by atoms with van der Waals surface area (Å²) < 4.78 is 9.25. The van der Waals surface area contributed by atoms with Gasteiger partial charge < -0.3 is 10.1 Å². The fourth-order valence-electron chi connectivity index (χ4n) is 2.98. The van der Waals surface area contributed by atoms with Crippen molar-refractivity contribution in [3.05, 3.63) is 64.1 Å². The zero-order valence-electron chi connectivity index (χ0n) is 16.9. The molecular formula is C22H29N3O2. The highest BCUT2D eigenvalue weighted by molar-refractivity contribution is 5.76. The molecule has 1 aromatic heterocycles. The third-order valence-corrected chi connectivity index (χ3v) is 5.32. The Morgan fingerprint density at radius 2 is 1.59 bits per heavy atom. The molecule has 5 nitrogen and oxygen atoms in total. The van der Waals surface area contributed by atoms with E-state index in [2.05, 4.69) is 38.2 Å². The molecule has 0 fully saturated rings. The maximum atomic E-state index is 12.0. The van der Waals surface area contributed by atoms with Gasteiger partial charge in [0.1, 0.15) is 12.4 Å². The first-order valence-corrected chi connectivity index (χ1v) is 9.42. The van der Waals surface area contributed by atoms with Crippen molar-refractivity contribution in [3.63, 3.8) is 0 Å². The first-order chi connectivity index (χ1) is 12.8. The van der Waals surface area contributed by atoms with Crippen LogP contribution in [0, 0.1) is 0 Å². The monoisotopic (exact) mass is 367 g/mol. The number of hydrogen-bond acceptors (Lipinski definition) is 3. The van der Waals surface area contributed by atoms with Gasteiger partial charge in [-0.1, -0.05) is 25.1 Å². The first-order valence-electron chi connectivity index (χ1n) is 9.42. The van der Waals surface area contributed by atoms with E-state index in [1.165, 1.54) is 5.56 Å². The van der Waals surface area contributed by atoms with E-state index in [0.29, 0.717) is 6.61 Å². The molecule has 0 aliphatic rings. The van der Waals surface area contributed by atoms with Gasteiger partial charge in [0, 0.05) is 26.2 Å². The minimum Gasteiger partial charge on any atom is -0.489 e. The summed E-state index contributed by atoms with van der Waals surface area (Å²) in [6, 6.07) is 14.2. The van der Waals surface area contributed by atoms with Crippen molar-refractivity contribution < 1.29 is 4.74 Å². The molecule has 0 spiro atoms. The molecule has 27 heavy (non-hydrogen) atoms. The van der Waals surface area contributed by atoms with Crippen LogP contribution >= 0.6 is 0 Å². The Morgan fingerprint density at radius 1 is 0.963 bits per heavy atom. The van der Waals surface area contributed by atoms with E-state index in [1.54, 1.807) is 23.2 Å². The van der Waals surface area contributed by atoms with Crippen molar-refractivity contribution in [2.24, 2.45) is 14.1 Å². The number of benzene rings is 2. The number of aromatic nitrogens is 2. The van der Waals surface area contributed by atoms with Gasteiger partial charge in [0.05, 0.1) is 11.0 Å². The lowest BCUT2D eigenvalue weighted by Gasteiger charge is -2.24. The van der Waals surface area contributed by atoms with Crippen molar-refractivity contribution >= 4 is 11.0 Å². The SMILES string of the molecule is CCC(C)(C)NCc1ccc(OCc2ccc3c(c2)n(C)c(=O)n3C)cc1. The summed E-state index contributed by atoms with van der Waals surface area (Å²) in [5, 5.41) is 3.56. The molecule has 0 amide bonds. The molecule has 0 bridgehead atoms. The molecule has 5 heteroatoms. The van der Waals surface area contributed by atoms with Crippen LogP contribution in [0.1, 0.15) is 38.3 Å². The summed E-state index contributed by atoms with van der Waals surface area (Å²) in [6.45, 7) is 7.93. The van der Waals surface area contributed by atoms with E-state index in [4.69, 9.17) is 4.74 Å². The van der Waals surface area contributed by atoms with Crippen LogP contribution in [0.4, 0.5) is 0 Å². The van der Waals surface area contributed by atoms with Crippen LogP contribution in [0.5, 0.6) is 5.75 Å². The maximum absolute atomic E-state index is 12.0. The van der Waals surface area contributed by atoms with Gasteiger partial charge in [-0.15, -0.1) is 0 Å². The highest BCUT2D eigenvalue weighted by atomic mass is 16.5. The number of fused-ring (bicyclic) bond motifs is 1. The average Bonchev–Trinajstić information content (AvgIpc) is 2.89. The number of hydrogen-bond donors (Lipinski definition) is 1. The second-order valence-corrected chi connectivity index (χ2v) is 7.75. The van der Waals surface area contributed by atoms with Crippen molar-refractivity contribution in [2.45, 2.75) is 45.9 Å². The van der Waals surface area contributed by atoms with Gasteiger partial charge in [-0.3, -0.25) is 9.13 Å².